The third kappa shape index (κ3) is 2.10. The Labute approximate surface area is 91.9 Å². The van der Waals surface area contributed by atoms with Crippen LogP contribution in [0.25, 0.3) is 0 Å². The van der Waals surface area contributed by atoms with Crippen molar-refractivity contribution in [2.45, 2.75) is 13.5 Å². The summed E-state index contributed by atoms with van der Waals surface area (Å²) in [5.41, 5.74) is 7.91. The molecular formula is C9H13N5S. The molecule has 0 aliphatic heterocycles. The molecule has 2 aromatic rings. The fourth-order valence-corrected chi connectivity index (χ4v) is 1.84. The summed E-state index contributed by atoms with van der Waals surface area (Å²) in [4.78, 5) is 4.12. The number of nitrogens with two attached hydrogens (primary N) is 1. The van der Waals surface area contributed by atoms with Crippen LogP contribution in [0.3, 0.4) is 0 Å². The van der Waals surface area contributed by atoms with Crippen molar-refractivity contribution in [3.63, 3.8) is 0 Å². The Bertz CT molecular complexity index is 459. The van der Waals surface area contributed by atoms with Crippen molar-refractivity contribution in [1.82, 2.24) is 14.8 Å². The Balaban J connectivity index is 2.02. The van der Waals surface area contributed by atoms with Crippen LogP contribution in [0, 0.1) is 6.92 Å². The maximum Gasteiger partial charge on any atom is 0.184 e. The summed E-state index contributed by atoms with van der Waals surface area (Å²) >= 11 is 1.45. The molecule has 2 aromatic heterocycles. The van der Waals surface area contributed by atoms with Crippen LogP contribution in [-0.2, 0) is 13.6 Å². The molecule has 0 fully saturated rings. The maximum absolute atomic E-state index is 5.58. The van der Waals surface area contributed by atoms with E-state index in [1.54, 1.807) is 6.20 Å². The van der Waals surface area contributed by atoms with Crippen LogP contribution in [0.2, 0.25) is 0 Å². The Morgan fingerprint density at radius 1 is 1.53 bits per heavy atom. The minimum Gasteiger partial charge on any atom is -0.389 e. The van der Waals surface area contributed by atoms with Gasteiger partial charge >= 0.3 is 0 Å². The van der Waals surface area contributed by atoms with Gasteiger partial charge in [-0.3, -0.25) is 4.68 Å². The molecular weight excluding hydrogens is 210 g/mol. The molecule has 80 valence electrons. The largest absolute Gasteiger partial charge is 0.389 e. The van der Waals surface area contributed by atoms with Crippen LogP contribution in [0.5, 0.6) is 0 Å². The van der Waals surface area contributed by atoms with Gasteiger partial charge in [0, 0.05) is 24.8 Å². The molecule has 0 amide bonds. The summed E-state index contributed by atoms with van der Waals surface area (Å²) < 4.78 is 1.85. The van der Waals surface area contributed by atoms with Crippen molar-refractivity contribution in [3.8, 4) is 0 Å². The second-order valence-electron chi connectivity index (χ2n) is 3.30. The lowest BCUT2D eigenvalue weighted by Gasteiger charge is -2.01. The van der Waals surface area contributed by atoms with E-state index in [0.717, 1.165) is 22.4 Å². The van der Waals surface area contributed by atoms with Gasteiger partial charge in [0.1, 0.15) is 5.00 Å². The van der Waals surface area contributed by atoms with Crippen molar-refractivity contribution in [3.05, 3.63) is 23.7 Å². The van der Waals surface area contributed by atoms with Crippen LogP contribution in [0.1, 0.15) is 11.3 Å². The van der Waals surface area contributed by atoms with E-state index in [0.29, 0.717) is 0 Å². The van der Waals surface area contributed by atoms with Crippen molar-refractivity contribution in [2.75, 3.05) is 11.1 Å². The molecule has 0 unspecified atom stereocenters. The summed E-state index contributed by atoms with van der Waals surface area (Å²) in [7, 11) is 1.93. The van der Waals surface area contributed by atoms with Gasteiger partial charge < -0.3 is 11.1 Å². The van der Waals surface area contributed by atoms with Gasteiger partial charge in [0.2, 0.25) is 0 Å². The zero-order valence-electron chi connectivity index (χ0n) is 8.69. The maximum atomic E-state index is 5.58. The molecule has 0 aliphatic carbocycles. The van der Waals surface area contributed by atoms with E-state index >= 15 is 0 Å². The predicted molar refractivity (Wildman–Crippen MR) is 61.8 cm³/mol. The van der Waals surface area contributed by atoms with E-state index in [4.69, 9.17) is 5.73 Å². The number of thiazole rings is 1. The first kappa shape index (κ1) is 9.97. The number of rotatable bonds is 3. The van der Waals surface area contributed by atoms with Crippen LogP contribution < -0.4 is 11.1 Å². The molecule has 0 bridgehead atoms. The summed E-state index contributed by atoms with van der Waals surface area (Å²) in [6.07, 6.45) is 3.52. The molecule has 6 heteroatoms. The predicted octanol–water partition coefficient (Wildman–Crippen LogP) is 1.38. The lowest BCUT2D eigenvalue weighted by atomic mass is 10.2. The summed E-state index contributed by atoms with van der Waals surface area (Å²) in [6.45, 7) is 2.77. The minimum atomic E-state index is 0.723. The number of anilines is 2. The number of hydrogen-bond acceptors (Lipinski definition) is 5. The molecule has 3 N–H and O–H groups in total. The first-order chi connectivity index (χ1) is 7.16. The van der Waals surface area contributed by atoms with Crippen LogP contribution in [-0.4, -0.2) is 14.8 Å². The second kappa shape index (κ2) is 3.90. The Kier molecular flexibility index (Phi) is 2.59. The second-order valence-corrected chi connectivity index (χ2v) is 4.36. The van der Waals surface area contributed by atoms with Gasteiger partial charge in [0.05, 0.1) is 12.4 Å². The van der Waals surface area contributed by atoms with E-state index in [9.17, 15) is 0 Å². The molecule has 0 radical (unpaired) electrons. The van der Waals surface area contributed by atoms with Crippen LogP contribution in [0.15, 0.2) is 12.4 Å². The van der Waals surface area contributed by atoms with Crippen molar-refractivity contribution in [2.24, 2.45) is 7.05 Å². The number of hydrogen-bond donors (Lipinski definition) is 2. The molecule has 0 saturated heterocycles. The van der Waals surface area contributed by atoms with E-state index in [1.807, 2.05) is 24.9 Å². The average molecular weight is 223 g/mol. The van der Waals surface area contributed by atoms with E-state index < -0.39 is 0 Å². The third-order valence-corrected chi connectivity index (χ3v) is 3.07. The molecule has 0 aliphatic rings. The van der Waals surface area contributed by atoms with E-state index in [2.05, 4.69) is 15.4 Å². The summed E-state index contributed by atoms with van der Waals surface area (Å²) in [6, 6.07) is 0. The Morgan fingerprint density at radius 3 is 2.87 bits per heavy atom. The van der Waals surface area contributed by atoms with Gasteiger partial charge in [0.25, 0.3) is 0 Å². The highest BCUT2D eigenvalue weighted by Crippen LogP contribution is 2.20. The highest BCUT2D eigenvalue weighted by molar-refractivity contribution is 7.19. The third-order valence-electron chi connectivity index (χ3n) is 2.29. The number of aryl methyl sites for hydroxylation is 1. The van der Waals surface area contributed by atoms with Crippen molar-refractivity contribution < 1.29 is 0 Å². The van der Waals surface area contributed by atoms with Gasteiger partial charge in [-0.25, -0.2) is 4.98 Å². The number of nitrogen functional groups attached to an aromatic ring is 1. The first-order valence-electron chi connectivity index (χ1n) is 4.59. The summed E-state index contributed by atoms with van der Waals surface area (Å²) in [5, 5.41) is 8.94. The van der Waals surface area contributed by atoms with Gasteiger partial charge in [-0.2, -0.15) is 5.10 Å². The lowest BCUT2D eigenvalue weighted by molar-refractivity contribution is 0.738. The monoisotopic (exact) mass is 223 g/mol. The van der Waals surface area contributed by atoms with E-state index in [1.165, 1.54) is 16.9 Å². The number of aromatic nitrogens is 3. The Hall–Kier alpha value is -1.56. The topological polar surface area (TPSA) is 68.8 Å². The smallest absolute Gasteiger partial charge is 0.184 e. The molecule has 2 rings (SSSR count). The zero-order valence-corrected chi connectivity index (χ0v) is 9.51. The molecule has 5 nitrogen and oxygen atoms in total. The van der Waals surface area contributed by atoms with Gasteiger partial charge in [-0.05, 0) is 6.92 Å². The van der Waals surface area contributed by atoms with Crippen molar-refractivity contribution in [1.29, 1.82) is 0 Å². The Morgan fingerprint density at radius 2 is 2.33 bits per heavy atom. The first-order valence-corrected chi connectivity index (χ1v) is 5.41. The molecule has 0 spiro atoms. The summed E-state index contributed by atoms with van der Waals surface area (Å²) in [5.74, 6) is 0. The van der Waals surface area contributed by atoms with Crippen LogP contribution in [0.4, 0.5) is 10.1 Å². The quantitative estimate of drug-likeness (QED) is 0.824. The molecule has 2 heterocycles. The van der Waals surface area contributed by atoms with Crippen molar-refractivity contribution >= 4 is 21.5 Å². The molecule has 15 heavy (non-hydrogen) atoms. The zero-order chi connectivity index (χ0) is 10.8. The van der Waals surface area contributed by atoms with Gasteiger partial charge in [-0.1, -0.05) is 11.3 Å². The number of nitrogens with one attached hydrogen (secondary N) is 1. The standard InChI is InChI=1S/C9H13N5S/c1-6-7(4-13-14(6)2)3-11-9-12-5-8(10)15-9/h4-5H,3,10H2,1-2H3,(H,11,12). The number of nitrogens with zero attached hydrogens (tertiary/aromatic N) is 3. The van der Waals surface area contributed by atoms with E-state index in [-0.39, 0.29) is 0 Å². The lowest BCUT2D eigenvalue weighted by Crippen LogP contribution is -2.00. The fourth-order valence-electron chi connectivity index (χ4n) is 1.26. The highest BCUT2D eigenvalue weighted by atomic mass is 32.1. The SMILES string of the molecule is Cc1c(CNc2ncc(N)s2)cnn1C. The molecule has 0 atom stereocenters. The van der Waals surface area contributed by atoms with Gasteiger partial charge in [0.15, 0.2) is 5.13 Å². The molecule has 0 saturated carbocycles. The average Bonchev–Trinajstić information content (AvgIpc) is 2.74. The normalized spacial score (nSPS) is 10.5. The fraction of sp³-hybridized carbons (Fsp3) is 0.333. The minimum absolute atomic E-state index is 0.723. The molecule has 0 aromatic carbocycles. The van der Waals surface area contributed by atoms with Gasteiger partial charge in [-0.15, -0.1) is 0 Å². The van der Waals surface area contributed by atoms with Crippen LogP contribution >= 0.6 is 11.3 Å². The highest BCUT2D eigenvalue weighted by Gasteiger charge is 2.04.